The number of halogens is 1. The second-order valence-corrected chi connectivity index (χ2v) is 4.37. The number of aryl methyl sites for hydroxylation is 1. The number of carboxylic acid groups (broad SMARTS) is 1. The number of rotatable bonds is 4. The zero-order valence-corrected chi connectivity index (χ0v) is 11.0. The summed E-state index contributed by atoms with van der Waals surface area (Å²) in [6.45, 7) is 1.88. The Kier molecular flexibility index (Phi) is 4.65. The van der Waals surface area contributed by atoms with Crippen molar-refractivity contribution in [3.63, 3.8) is 0 Å². The Bertz CT molecular complexity index is 448. The molecule has 17 heavy (non-hydrogen) atoms. The number of hydrogen-bond donors (Lipinski definition) is 3. The molecule has 0 saturated carbocycles. The third-order valence-electron chi connectivity index (χ3n) is 2.22. The number of aliphatic carboxylic acids is 1. The van der Waals surface area contributed by atoms with Crippen LogP contribution in [-0.2, 0) is 9.59 Å². The molecule has 0 radical (unpaired) electrons. The Balaban J connectivity index is 2.80. The van der Waals surface area contributed by atoms with E-state index in [1.807, 2.05) is 6.92 Å². The lowest BCUT2D eigenvalue weighted by atomic mass is 10.2. The number of carbonyl (C=O) groups is 2. The number of carbonyl (C=O) groups excluding carboxylic acids is 1. The van der Waals surface area contributed by atoms with Gasteiger partial charge in [0.25, 0.3) is 5.91 Å². The first-order valence-corrected chi connectivity index (χ1v) is 5.72. The van der Waals surface area contributed by atoms with E-state index in [2.05, 4.69) is 26.6 Å². The van der Waals surface area contributed by atoms with Gasteiger partial charge in [-0.25, -0.2) is 4.79 Å². The summed E-state index contributed by atoms with van der Waals surface area (Å²) in [5.74, 6) is -1.81. The van der Waals surface area contributed by atoms with Gasteiger partial charge in [-0.3, -0.25) is 10.1 Å². The van der Waals surface area contributed by atoms with Crippen LogP contribution in [0.1, 0.15) is 5.56 Å². The van der Waals surface area contributed by atoms with Crippen molar-refractivity contribution in [1.29, 1.82) is 0 Å². The highest BCUT2D eigenvalue weighted by Gasteiger charge is 2.23. The average molecular weight is 301 g/mol. The van der Waals surface area contributed by atoms with E-state index >= 15 is 0 Å². The van der Waals surface area contributed by atoms with Crippen LogP contribution in [0, 0.1) is 6.92 Å². The summed E-state index contributed by atoms with van der Waals surface area (Å²) >= 11 is 3.34. The van der Waals surface area contributed by atoms with E-state index < -0.39 is 17.9 Å². The summed E-state index contributed by atoms with van der Waals surface area (Å²) in [6.07, 6.45) is 0. The van der Waals surface area contributed by atoms with Gasteiger partial charge in [0.15, 0.2) is 6.04 Å². The van der Waals surface area contributed by atoms with E-state index in [9.17, 15) is 9.59 Å². The van der Waals surface area contributed by atoms with Crippen molar-refractivity contribution >= 4 is 33.5 Å². The highest BCUT2D eigenvalue weighted by Crippen LogP contribution is 2.20. The van der Waals surface area contributed by atoms with Crippen LogP contribution in [0.25, 0.3) is 0 Å². The van der Waals surface area contributed by atoms with Gasteiger partial charge in [-0.15, -0.1) is 0 Å². The van der Waals surface area contributed by atoms with Gasteiger partial charge in [0, 0.05) is 10.2 Å². The minimum Gasteiger partial charge on any atom is -0.480 e. The molecule has 0 fully saturated rings. The highest BCUT2D eigenvalue weighted by atomic mass is 79.9. The van der Waals surface area contributed by atoms with Crippen molar-refractivity contribution < 1.29 is 14.7 Å². The Labute approximate surface area is 107 Å². The predicted molar refractivity (Wildman–Crippen MR) is 68.0 cm³/mol. The van der Waals surface area contributed by atoms with Crippen LogP contribution < -0.4 is 10.6 Å². The highest BCUT2D eigenvalue weighted by molar-refractivity contribution is 9.10. The van der Waals surface area contributed by atoms with Gasteiger partial charge in [-0.2, -0.15) is 0 Å². The number of benzene rings is 1. The summed E-state index contributed by atoms with van der Waals surface area (Å²) in [4.78, 5) is 22.4. The van der Waals surface area contributed by atoms with Crippen LogP contribution in [-0.4, -0.2) is 30.1 Å². The van der Waals surface area contributed by atoms with Gasteiger partial charge in [0.1, 0.15) is 0 Å². The van der Waals surface area contributed by atoms with Gasteiger partial charge < -0.3 is 10.4 Å². The molecule has 5 nitrogen and oxygen atoms in total. The first-order valence-electron chi connectivity index (χ1n) is 4.92. The largest absolute Gasteiger partial charge is 0.480 e. The lowest BCUT2D eigenvalue weighted by Crippen LogP contribution is -2.44. The van der Waals surface area contributed by atoms with Gasteiger partial charge in [0.2, 0.25) is 0 Å². The summed E-state index contributed by atoms with van der Waals surface area (Å²) in [6, 6.07) is 4.00. The van der Waals surface area contributed by atoms with E-state index in [0.717, 1.165) is 10.0 Å². The van der Waals surface area contributed by atoms with Crippen molar-refractivity contribution in [2.24, 2.45) is 0 Å². The van der Waals surface area contributed by atoms with Crippen molar-refractivity contribution in [2.75, 3.05) is 12.4 Å². The standard InChI is InChI=1S/C11H13BrN2O3/c1-6-5-7(3-4-8(6)12)14-10(15)9(13-2)11(16)17/h3-5,9,13H,1-2H3,(H,14,15)(H,16,17). The second-order valence-electron chi connectivity index (χ2n) is 3.51. The average Bonchev–Trinajstić information content (AvgIpc) is 2.24. The molecular weight excluding hydrogens is 288 g/mol. The van der Waals surface area contributed by atoms with Crippen LogP contribution in [0.3, 0.4) is 0 Å². The fourth-order valence-corrected chi connectivity index (χ4v) is 1.55. The molecule has 1 unspecified atom stereocenters. The maximum atomic E-state index is 11.6. The molecule has 0 aliphatic carbocycles. The lowest BCUT2D eigenvalue weighted by Gasteiger charge is -2.12. The predicted octanol–water partition coefficient (Wildman–Crippen LogP) is 1.37. The fourth-order valence-electron chi connectivity index (χ4n) is 1.30. The monoisotopic (exact) mass is 300 g/mol. The first kappa shape index (κ1) is 13.7. The molecule has 1 amide bonds. The number of hydrogen-bond acceptors (Lipinski definition) is 3. The smallest absolute Gasteiger partial charge is 0.330 e. The van der Waals surface area contributed by atoms with Crippen LogP contribution in [0.4, 0.5) is 5.69 Å². The number of anilines is 1. The van der Waals surface area contributed by atoms with Gasteiger partial charge in [-0.1, -0.05) is 15.9 Å². The Morgan fingerprint density at radius 1 is 1.41 bits per heavy atom. The maximum absolute atomic E-state index is 11.6. The summed E-state index contributed by atoms with van der Waals surface area (Å²) in [5.41, 5.74) is 1.52. The Morgan fingerprint density at radius 3 is 2.53 bits per heavy atom. The fraction of sp³-hybridized carbons (Fsp3) is 0.273. The van der Waals surface area contributed by atoms with Crippen LogP contribution in [0.5, 0.6) is 0 Å². The molecule has 1 aromatic carbocycles. The van der Waals surface area contributed by atoms with Crippen molar-refractivity contribution in [1.82, 2.24) is 5.32 Å². The van der Waals surface area contributed by atoms with E-state index in [4.69, 9.17) is 5.11 Å². The molecule has 0 saturated heterocycles. The quantitative estimate of drug-likeness (QED) is 0.734. The van der Waals surface area contributed by atoms with Crippen LogP contribution in [0.15, 0.2) is 22.7 Å². The number of amides is 1. The Morgan fingerprint density at radius 2 is 2.06 bits per heavy atom. The van der Waals surface area contributed by atoms with Gasteiger partial charge in [-0.05, 0) is 37.7 Å². The second kappa shape index (κ2) is 5.79. The minimum atomic E-state index is -1.25. The van der Waals surface area contributed by atoms with Crippen molar-refractivity contribution in [3.05, 3.63) is 28.2 Å². The first-order chi connectivity index (χ1) is 7.95. The molecule has 0 heterocycles. The number of carboxylic acids is 1. The van der Waals surface area contributed by atoms with Crippen molar-refractivity contribution in [3.8, 4) is 0 Å². The van der Waals surface area contributed by atoms with Crippen molar-refractivity contribution in [2.45, 2.75) is 13.0 Å². The molecule has 1 atom stereocenters. The van der Waals surface area contributed by atoms with E-state index in [1.54, 1.807) is 18.2 Å². The third kappa shape index (κ3) is 3.54. The summed E-state index contributed by atoms with van der Waals surface area (Å²) in [7, 11) is 1.42. The van der Waals surface area contributed by atoms with Gasteiger partial charge >= 0.3 is 5.97 Å². The summed E-state index contributed by atoms with van der Waals surface area (Å²) in [5, 5.41) is 13.8. The zero-order chi connectivity index (χ0) is 13.0. The SMILES string of the molecule is CNC(C(=O)O)C(=O)Nc1ccc(Br)c(C)c1. The molecule has 1 aromatic rings. The molecular formula is C11H13BrN2O3. The molecule has 3 N–H and O–H groups in total. The molecule has 92 valence electrons. The molecule has 0 bridgehead atoms. The minimum absolute atomic E-state index is 0.567. The number of nitrogens with one attached hydrogen (secondary N) is 2. The zero-order valence-electron chi connectivity index (χ0n) is 9.45. The van der Waals surface area contributed by atoms with E-state index in [-0.39, 0.29) is 0 Å². The summed E-state index contributed by atoms with van der Waals surface area (Å²) < 4.78 is 0.930. The van der Waals surface area contributed by atoms with Crippen LogP contribution >= 0.6 is 15.9 Å². The molecule has 0 aliphatic rings. The van der Waals surface area contributed by atoms with Gasteiger partial charge in [0.05, 0.1) is 0 Å². The lowest BCUT2D eigenvalue weighted by molar-refractivity contribution is -0.142. The molecule has 0 aliphatic heterocycles. The maximum Gasteiger partial charge on any atom is 0.330 e. The molecule has 0 spiro atoms. The van der Waals surface area contributed by atoms with E-state index in [1.165, 1.54) is 7.05 Å². The third-order valence-corrected chi connectivity index (χ3v) is 3.11. The molecule has 0 aromatic heterocycles. The Hall–Kier alpha value is -1.40. The molecule has 1 rings (SSSR count). The van der Waals surface area contributed by atoms with E-state index in [0.29, 0.717) is 5.69 Å². The number of likely N-dealkylation sites (N-methyl/N-ethyl adjacent to an activating group) is 1. The normalized spacial score (nSPS) is 11.9. The molecule has 6 heteroatoms. The topological polar surface area (TPSA) is 78.4 Å². The van der Waals surface area contributed by atoms with Crippen LogP contribution in [0.2, 0.25) is 0 Å².